The highest BCUT2D eigenvalue weighted by molar-refractivity contribution is 9.10. The molecule has 1 fully saturated rings. The van der Waals surface area contributed by atoms with Crippen molar-refractivity contribution in [2.45, 2.75) is 31.7 Å². The summed E-state index contributed by atoms with van der Waals surface area (Å²) >= 11 is 3.00. The molecule has 1 aliphatic heterocycles. The van der Waals surface area contributed by atoms with Crippen LogP contribution in [0.5, 0.6) is 0 Å². The Bertz CT molecular complexity index is 610. The Morgan fingerprint density at radius 3 is 2.76 bits per heavy atom. The zero-order valence-electron chi connectivity index (χ0n) is 11.3. The van der Waals surface area contributed by atoms with Crippen LogP contribution in [-0.2, 0) is 4.79 Å². The van der Waals surface area contributed by atoms with Crippen LogP contribution in [-0.4, -0.2) is 28.1 Å². The van der Waals surface area contributed by atoms with Crippen molar-refractivity contribution in [1.82, 2.24) is 0 Å². The number of rotatable bonds is 3. The Morgan fingerprint density at radius 2 is 2.19 bits per heavy atom. The zero-order valence-corrected chi connectivity index (χ0v) is 12.9. The number of anilines is 1. The van der Waals surface area contributed by atoms with Crippen molar-refractivity contribution >= 4 is 33.3 Å². The highest BCUT2D eigenvalue weighted by Crippen LogP contribution is 2.40. The standard InChI is InChI=1S/C13H14BrFN2O4/c1-13(12(18)19)4-2-3-5-16(13)10-6-8(14)9(15)7-11(10)17(20)21/h6-7H,2-5H2,1H3,(H,18,19). The van der Waals surface area contributed by atoms with E-state index >= 15 is 0 Å². The molecule has 0 aromatic heterocycles. The first-order chi connectivity index (χ1) is 9.77. The van der Waals surface area contributed by atoms with Crippen molar-refractivity contribution in [3.05, 3.63) is 32.5 Å². The third-order valence-electron chi connectivity index (χ3n) is 3.86. The molecular weight excluding hydrogens is 347 g/mol. The molecule has 1 aromatic carbocycles. The lowest BCUT2D eigenvalue weighted by molar-refractivity contribution is -0.384. The van der Waals surface area contributed by atoms with Crippen LogP contribution >= 0.6 is 15.9 Å². The normalized spacial score (nSPS) is 22.1. The van der Waals surface area contributed by atoms with E-state index in [-0.39, 0.29) is 10.2 Å². The zero-order chi connectivity index (χ0) is 15.8. The van der Waals surface area contributed by atoms with E-state index in [0.29, 0.717) is 13.0 Å². The highest BCUT2D eigenvalue weighted by atomic mass is 79.9. The number of piperidine rings is 1. The van der Waals surface area contributed by atoms with E-state index in [4.69, 9.17) is 0 Å². The van der Waals surface area contributed by atoms with E-state index in [9.17, 15) is 24.4 Å². The van der Waals surface area contributed by atoms with Crippen LogP contribution in [0.2, 0.25) is 0 Å². The van der Waals surface area contributed by atoms with E-state index in [0.717, 1.165) is 18.9 Å². The van der Waals surface area contributed by atoms with E-state index in [1.54, 1.807) is 0 Å². The summed E-state index contributed by atoms with van der Waals surface area (Å²) in [5, 5.41) is 20.6. The third-order valence-corrected chi connectivity index (χ3v) is 4.46. The summed E-state index contributed by atoms with van der Waals surface area (Å²) in [5.41, 5.74) is -1.54. The molecule has 0 aliphatic carbocycles. The maximum atomic E-state index is 13.6. The van der Waals surface area contributed by atoms with E-state index in [1.165, 1.54) is 17.9 Å². The van der Waals surface area contributed by atoms with Gasteiger partial charge in [0.25, 0.3) is 5.69 Å². The fourth-order valence-corrected chi connectivity index (χ4v) is 2.95. The molecule has 2 rings (SSSR count). The van der Waals surface area contributed by atoms with Crippen LogP contribution in [0, 0.1) is 15.9 Å². The molecule has 0 radical (unpaired) electrons. The second-order valence-corrected chi connectivity index (χ2v) is 6.05. The van der Waals surface area contributed by atoms with Gasteiger partial charge in [-0.1, -0.05) is 0 Å². The largest absolute Gasteiger partial charge is 0.480 e. The van der Waals surface area contributed by atoms with Gasteiger partial charge in [-0.2, -0.15) is 0 Å². The van der Waals surface area contributed by atoms with Gasteiger partial charge in [0.1, 0.15) is 17.0 Å². The van der Waals surface area contributed by atoms with Gasteiger partial charge in [-0.25, -0.2) is 9.18 Å². The van der Waals surface area contributed by atoms with E-state index in [2.05, 4.69) is 15.9 Å². The molecule has 21 heavy (non-hydrogen) atoms. The third kappa shape index (κ3) is 2.72. The quantitative estimate of drug-likeness (QED) is 0.660. The summed E-state index contributed by atoms with van der Waals surface area (Å²) in [4.78, 5) is 23.5. The van der Waals surface area contributed by atoms with E-state index < -0.39 is 27.9 Å². The number of hydrogen-bond donors (Lipinski definition) is 1. The lowest BCUT2D eigenvalue weighted by atomic mass is 9.87. The molecule has 1 saturated heterocycles. The number of benzene rings is 1. The number of carboxylic acid groups (broad SMARTS) is 1. The van der Waals surface area contributed by atoms with Crippen LogP contribution in [0.3, 0.4) is 0 Å². The molecule has 114 valence electrons. The predicted octanol–water partition coefficient (Wildman–Crippen LogP) is 3.33. The van der Waals surface area contributed by atoms with Gasteiger partial charge < -0.3 is 10.0 Å². The van der Waals surface area contributed by atoms with Crippen LogP contribution in [0.15, 0.2) is 16.6 Å². The number of hydrogen-bond acceptors (Lipinski definition) is 4. The summed E-state index contributed by atoms with van der Waals surface area (Å²) in [7, 11) is 0. The summed E-state index contributed by atoms with van der Waals surface area (Å²) < 4.78 is 13.6. The van der Waals surface area contributed by atoms with Gasteiger partial charge in [-0.05, 0) is 48.2 Å². The first-order valence-electron chi connectivity index (χ1n) is 6.42. The van der Waals surface area contributed by atoms with Crippen molar-refractivity contribution in [3.63, 3.8) is 0 Å². The average Bonchev–Trinajstić information content (AvgIpc) is 2.41. The molecule has 0 saturated carbocycles. The lowest BCUT2D eigenvalue weighted by Gasteiger charge is -2.42. The molecule has 1 aliphatic rings. The van der Waals surface area contributed by atoms with Gasteiger partial charge in [0, 0.05) is 6.54 Å². The maximum Gasteiger partial charge on any atom is 0.329 e. The lowest BCUT2D eigenvalue weighted by Crippen LogP contribution is -2.55. The minimum absolute atomic E-state index is 0.0708. The van der Waals surface area contributed by atoms with Crippen molar-refractivity contribution in [2.75, 3.05) is 11.4 Å². The maximum absolute atomic E-state index is 13.6. The number of halogens is 2. The first kappa shape index (κ1) is 15.7. The molecule has 0 amide bonds. The molecule has 1 atom stereocenters. The van der Waals surface area contributed by atoms with Crippen molar-refractivity contribution < 1.29 is 19.2 Å². The molecule has 8 heteroatoms. The van der Waals surface area contributed by atoms with Crippen LogP contribution < -0.4 is 4.90 Å². The Labute approximate surface area is 128 Å². The Hall–Kier alpha value is -1.70. The molecule has 1 aromatic rings. The molecular formula is C13H14BrFN2O4. The van der Waals surface area contributed by atoms with Gasteiger partial charge in [0.15, 0.2) is 0 Å². The van der Waals surface area contributed by atoms with Gasteiger partial charge in [-0.15, -0.1) is 0 Å². The summed E-state index contributed by atoms with van der Waals surface area (Å²) in [6, 6.07) is 2.09. The molecule has 0 spiro atoms. The van der Waals surface area contributed by atoms with Crippen molar-refractivity contribution in [1.29, 1.82) is 0 Å². The number of carboxylic acids is 1. The molecule has 1 N–H and O–H groups in total. The molecule has 6 nitrogen and oxygen atoms in total. The summed E-state index contributed by atoms with van der Waals surface area (Å²) in [6.45, 7) is 1.91. The SMILES string of the molecule is CC1(C(=O)O)CCCCN1c1cc(Br)c(F)cc1[N+](=O)[O-]. The number of aliphatic carboxylic acids is 1. The van der Waals surface area contributed by atoms with Gasteiger partial charge in [0.05, 0.1) is 15.5 Å². The molecule has 1 heterocycles. The minimum Gasteiger partial charge on any atom is -0.480 e. The fraction of sp³-hybridized carbons (Fsp3) is 0.462. The predicted molar refractivity (Wildman–Crippen MR) is 78.0 cm³/mol. The Kier molecular flexibility index (Phi) is 4.18. The van der Waals surface area contributed by atoms with Crippen molar-refractivity contribution in [2.24, 2.45) is 0 Å². The number of nitro groups is 1. The first-order valence-corrected chi connectivity index (χ1v) is 7.21. The monoisotopic (exact) mass is 360 g/mol. The topological polar surface area (TPSA) is 83.7 Å². The van der Waals surface area contributed by atoms with Crippen LogP contribution in [0.4, 0.5) is 15.8 Å². The fourth-order valence-electron chi connectivity index (χ4n) is 2.62. The van der Waals surface area contributed by atoms with Gasteiger partial charge in [0.2, 0.25) is 0 Å². The van der Waals surface area contributed by atoms with Gasteiger partial charge in [-0.3, -0.25) is 10.1 Å². The highest BCUT2D eigenvalue weighted by Gasteiger charge is 2.43. The van der Waals surface area contributed by atoms with Gasteiger partial charge >= 0.3 is 5.97 Å². The average molecular weight is 361 g/mol. The summed E-state index contributed by atoms with van der Waals surface area (Å²) in [5.74, 6) is -1.79. The van der Waals surface area contributed by atoms with Crippen molar-refractivity contribution in [3.8, 4) is 0 Å². The Balaban J connectivity index is 2.60. The molecule has 0 bridgehead atoms. The Morgan fingerprint density at radius 1 is 1.52 bits per heavy atom. The van der Waals surface area contributed by atoms with E-state index in [1.807, 2.05) is 0 Å². The minimum atomic E-state index is -1.24. The second kappa shape index (κ2) is 5.59. The number of nitro benzene ring substituents is 1. The number of carbonyl (C=O) groups is 1. The molecule has 1 unspecified atom stereocenters. The smallest absolute Gasteiger partial charge is 0.329 e. The summed E-state index contributed by atoms with van der Waals surface area (Å²) in [6.07, 6.45) is 1.85. The number of nitrogens with zero attached hydrogens (tertiary/aromatic N) is 2. The van der Waals surface area contributed by atoms with Crippen LogP contribution in [0.25, 0.3) is 0 Å². The second-order valence-electron chi connectivity index (χ2n) is 5.20. The van der Waals surface area contributed by atoms with Crippen LogP contribution in [0.1, 0.15) is 26.2 Å².